The van der Waals surface area contributed by atoms with Gasteiger partial charge in [-0.05, 0) is 56.2 Å². The third-order valence-electron chi connectivity index (χ3n) is 3.38. The highest BCUT2D eigenvalue weighted by Crippen LogP contribution is 2.26. The van der Waals surface area contributed by atoms with Crippen LogP contribution in [0, 0.1) is 30.9 Å². The van der Waals surface area contributed by atoms with E-state index in [1.165, 1.54) is 6.07 Å². The van der Waals surface area contributed by atoms with Crippen LogP contribution in [0.4, 0.5) is 17.1 Å². The molecule has 0 saturated carbocycles. The first-order chi connectivity index (χ1) is 10.4. The first-order valence-electron chi connectivity index (χ1n) is 6.77. The largest absolute Gasteiger partial charge is 0.332 e. The number of hydrogen-bond acceptors (Lipinski definition) is 3. The Morgan fingerprint density at radius 3 is 2.27 bits per heavy atom. The van der Waals surface area contributed by atoms with Gasteiger partial charge in [0.25, 0.3) is 5.69 Å². The smallest absolute Gasteiger partial charge is 0.274 e. The van der Waals surface area contributed by atoms with E-state index < -0.39 is 4.92 Å². The SMILES string of the molecule is Cc1ccccc1NC(=S)Nc1cc([N+](=O)[O-])c(C)cc1C. The van der Waals surface area contributed by atoms with Gasteiger partial charge in [0.2, 0.25) is 0 Å². The number of nitrogens with zero attached hydrogens (tertiary/aromatic N) is 1. The maximum absolute atomic E-state index is 11.0. The highest BCUT2D eigenvalue weighted by molar-refractivity contribution is 7.80. The fourth-order valence-corrected chi connectivity index (χ4v) is 2.38. The van der Waals surface area contributed by atoms with Crippen molar-refractivity contribution in [3.05, 3.63) is 63.2 Å². The van der Waals surface area contributed by atoms with Crippen LogP contribution in [0.15, 0.2) is 36.4 Å². The zero-order valence-corrected chi connectivity index (χ0v) is 13.5. The van der Waals surface area contributed by atoms with Gasteiger partial charge in [0, 0.05) is 17.3 Å². The highest BCUT2D eigenvalue weighted by atomic mass is 32.1. The van der Waals surface area contributed by atoms with Gasteiger partial charge in [0.05, 0.1) is 10.6 Å². The molecule has 0 aliphatic heterocycles. The molecule has 0 aromatic heterocycles. The molecule has 5 nitrogen and oxygen atoms in total. The molecule has 0 unspecified atom stereocenters. The molecule has 0 bridgehead atoms. The molecule has 2 N–H and O–H groups in total. The van der Waals surface area contributed by atoms with Crippen LogP contribution in [0.1, 0.15) is 16.7 Å². The molecule has 0 radical (unpaired) electrons. The lowest BCUT2D eigenvalue weighted by molar-refractivity contribution is -0.385. The number of thiocarbonyl (C=S) groups is 1. The molecule has 2 aromatic carbocycles. The van der Waals surface area contributed by atoms with Crippen LogP contribution in [-0.4, -0.2) is 10.0 Å². The molecule has 2 aromatic rings. The van der Waals surface area contributed by atoms with Crippen LogP contribution in [0.25, 0.3) is 0 Å². The number of nitro benzene ring substituents is 1. The van der Waals surface area contributed by atoms with Crippen molar-refractivity contribution in [3.63, 3.8) is 0 Å². The first kappa shape index (κ1) is 15.9. The maximum atomic E-state index is 11.0. The summed E-state index contributed by atoms with van der Waals surface area (Å²) in [5, 5.41) is 17.6. The molecular weight excluding hydrogens is 298 g/mol. The van der Waals surface area contributed by atoms with E-state index in [-0.39, 0.29) is 5.69 Å². The predicted molar refractivity (Wildman–Crippen MR) is 93.6 cm³/mol. The van der Waals surface area contributed by atoms with Crippen molar-refractivity contribution in [1.29, 1.82) is 0 Å². The molecule has 0 aliphatic rings. The Morgan fingerprint density at radius 2 is 1.64 bits per heavy atom. The van der Waals surface area contributed by atoms with E-state index in [9.17, 15) is 10.1 Å². The van der Waals surface area contributed by atoms with Crippen molar-refractivity contribution < 1.29 is 4.92 Å². The van der Waals surface area contributed by atoms with Crippen LogP contribution < -0.4 is 10.6 Å². The Kier molecular flexibility index (Phi) is 4.72. The summed E-state index contributed by atoms with van der Waals surface area (Å²) in [6, 6.07) is 11.1. The van der Waals surface area contributed by atoms with Crippen molar-refractivity contribution in [2.24, 2.45) is 0 Å². The molecule has 114 valence electrons. The summed E-state index contributed by atoms with van der Waals surface area (Å²) in [4.78, 5) is 10.6. The highest BCUT2D eigenvalue weighted by Gasteiger charge is 2.14. The minimum atomic E-state index is -0.391. The second kappa shape index (κ2) is 6.53. The topological polar surface area (TPSA) is 67.2 Å². The van der Waals surface area contributed by atoms with Gasteiger partial charge in [0.15, 0.2) is 5.11 Å². The lowest BCUT2D eigenvalue weighted by atomic mass is 10.1. The molecule has 0 fully saturated rings. The lowest BCUT2D eigenvalue weighted by Crippen LogP contribution is -2.20. The fourth-order valence-electron chi connectivity index (χ4n) is 2.16. The zero-order valence-electron chi connectivity index (χ0n) is 12.6. The number of aryl methyl sites for hydroxylation is 3. The van der Waals surface area contributed by atoms with Gasteiger partial charge in [-0.1, -0.05) is 18.2 Å². The van der Waals surface area contributed by atoms with Gasteiger partial charge in [-0.25, -0.2) is 0 Å². The van der Waals surface area contributed by atoms with E-state index in [1.807, 2.05) is 38.1 Å². The summed E-state index contributed by atoms with van der Waals surface area (Å²) < 4.78 is 0. The van der Waals surface area contributed by atoms with Gasteiger partial charge in [-0.3, -0.25) is 10.1 Å². The Morgan fingerprint density at radius 1 is 1.00 bits per heavy atom. The minimum absolute atomic E-state index is 0.0757. The summed E-state index contributed by atoms with van der Waals surface area (Å²) in [6.07, 6.45) is 0. The maximum Gasteiger partial charge on any atom is 0.274 e. The van der Waals surface area contributed by atoms with E-state index in [2.05, 4.69) is 10.6 Å². The van der Waals surface area contributed by atoms with Gasteiger partial charge >= 0.3 is 0 Å². The number of rotatable bonds is 3. The van der Waals surface area contributed by atoms with Crippen molar-refractivity contribution in [3.8, 4) is 0 Å². The summed E-state index contributed by atoms with van der Waals surface area (Å²) in [5.74, 6) is 0. The third-order valence-corrected chi connectivity index (χ3v) is 3.59. The quantitative estimate of drug-likeness (QED) is 0.501. The van der Waals surface area contributed by atoms with E-state index in [0.29, 0.717) is 16.4 Å². The van der Waals surface area contributed by atoms with Gasteiger partial charge < -0.3 is 10.6 Å². The fraction of sp³-hybridized carbons (Fsp3) is 0.188. The van der Waals surface area contributed by atoms with E-state index in [4.69, 9.17) is 12.2 Å². The van der Waals surface area contributed by atoms with Crippen LogP contribution in [0.2, 0.25) is 0 Å². The number of hydrogen-bond donors (Lipinski definition) is 2. The summed E-state index contributed by atoms with van der Waals surface area (Å²) in [6.45, 7) is 5.58. The van der Waals surface area contributed by atoms with Crippen molar-refractivity contribution in [2.45, 2.75) is 20.8 Å². The van der Waals surface area contributed by atoms with Gasteiger partial charge in [-0.2, -0.15) is 0 Å². The molecular formula is C16H17N3O2S. The predicted octanol–water partition coefficient (Wildman–Crippen LogP) is 4.33. The standard InChI is InChI=1S/C16H17N3O2S/c1-10-6-4-5-7-13(10)17-16(22)18-14-9-15(19(20)21)12(3)8-11(14)2/h4-9H,1-3H3,(H2,17,18,22). The number of benzene rings is 2. The second-order valence-corrected chi connectivity index (χ2v) is 5.51. The Balaban J connectivity index is 2.20. The Labute approximate surface area is 134 Å². The normalized spacial score (nSPS) is 10.1. The molecule has 0 spiro atoms. The average Bonchev–Trinajstić information content (AvgIpc) is 2.44. The molecule has 0 saturated heterocycles. The van der Waals surface area contributed by atoms with E-state index >= 15 is 0 Å². The molecule has 22 heavy (non-hydrogen) atoms. The third kappa shape index (κ3) is 3.59. The van der Waals surface area contributed by atoms with Crippen LogP contribution in [0.3, 0.4) is 0 Å². The van der Waals surface area contributed by atoms with Crippen molar-refractivity contribution in [2.75, 3.05) is 10.6 Å². The van der Waals surface area contributed by atoms with Crippen molar-refractivity contribution in [1.82, 2.24) is 0 Å². The number of anilines is 2. The number of nitrogens with one attached hydrogen (secondary N) is 2. The Bertz CT molecular complexity index is 744. The number of para-hydroxylation sites is 1. The number of nitro groups is 1. The summed E-state index contributed by atoms with van der Waals surface area (Å²) in [5.41, 5.74) is 4.20. The average molecular weight is 315 g/mol. The molecule has 0 amide bonds. The lowest BCUT2D eigenvalue weighted by Gasteiger charge is -2.14. The van der Waals surface area contributed by atoms with Crippen LogP contribution in [0.5, 0.6) is 0 Å². The summed E-state index contributed by atoms with van der Waals surface area (Å²) >= 11 is 5.29. The van der Waals surface area contributed by atoms with Crippen LogP contribution in [-0.2, 0) is 0 Å². The first-order valence-corrected chi connectivity index (χ1v) is 7.18. The molecule has 2 rings (SSSR count). The van der Waals surface area contributed by atoms with E-state index in [1.54, 1.807) is 13.0 Å². The molecule has 6 heteroatoms. The monoisotopic (exact) mass is 315 g/mol. The van der Waals surface area contributed by atoms with Gasteiger partial charge in [-0.15, -0.1) is 0 Å². The molecule has 0 heterocycles. The van der Waals surface area contributed by atoms with E-state index in [0.717, 1.165) is 16.8 Å². The second-order valence-electron chi connectivity index (χ2n) is 5.10. The van der Waals surface area contributed by atoms with Gasteiger partial charge in [0.1, 0.15) is 0 Å². The zero-order chi connectivity index (χ0) is 16.3. The minimum Gasteiger partial charge on any atom is -0.332 e. The summed E-state index contributed by atoms with van der Waals surface area (Å²) in [7, 11) is 0. The Hall–Kier alpha value is -2.47. The molecule has 0 atom stereocenters. The van der Waals surface area contributed by atoms with Crippen molar-refractivity contribution >= 4 is 34.4 Å². The van der Waals surface area contributed by atoms with Crippen LogP contribution >= 0.6 is 12.2 Å². The molecule has 0 aliphatic carbocycles.